The van der Waals surface area contributed by atoms with Gasteiger partial charge in [-0.2, -0.15) is 4.98 Å². The summed E-state index contributed by atoms with van der Waals surface area (Å²) in [6, 6.07) is 0. The molecule has 30 heavy (non-hydrogen) atoms. The number of ether oxygens (including phenoxy) is 4. The van der Waals surface area contributed by atoms with E-state index in [0.29, 0.717) is 24.0 Å². The second-order valence-corrected chi connectivity index (χ2v) is 6.90. The van der Waals surface area contributed by atoms with Gasteiger partial charge in [0.1, 0.15) is 25.1 Å². The van der Waals surface area contributed by atoms with E-state index in [1.54, 1.807) is 0 Å². The van der Waals surface area contributed by atoms with Crippen LogP contribution in [0.5, 0.6) is 5.88 Å². The van der Waals surface area contributed by atoms with Crippen LogP contribution in [0.3, 0.4) is 0 Å². The fourth-order valence-electron chi connectivity index (χ4n) is 3.26. The van der Waals surface area contributed by atoms with Crippen molar-refractivity contribution in [2.75, 3.05) is 13.7 Å². The average molecular weight is 422 g/mol. The highest BCUT2D eigenvalue weighted by molar-refractivity contribution is 5.76. The monoisotopic (exact) mass is 422 g/mol. The van der Waals surface area contributed by atoms with E-state index in [1.807, 2.05) is 13.8 Å². The number of imidazole rings is 1. The number of nitrogens with zero attached hydrogens (tertiary/aromatic N) is 4. The molecule has 0 aromatic carbocycles. The molecule has 0 bridgehead atoms. The summed E-state index contributed by atoms with van der Waals surface area (Å²) < 4.78 is 23.3. The molecule has 11 nitrogen and oxygen atoms in total. The molecular formula is C19H26N4O7. The minimum atomic E-state index is -1.22. The zero-order valence-electron chi connectivity index (χ0n) is 17.2. The van der Waals surface area contributed by atoms with Gasteiger partial charge in [0.2, 0.25) is 5.88 Å². The van der Waals surface area contributed by atoms with E-state index in [0.717, 1.165) is 0 Å². The van der Waals surface area contributed by atoms with Crippen molar-refractivity contribution < 1.29 is 33.6 Å². The number of esters is 2. The number of aromatic nitrogens is 4. The highest BCUT2D eigenvalue weighted by Gasteiger charge is 2.48. The van der Waals surface area contributed by atoms with Crippen molar-refractivity contribution in [3.63, 3.8) is 0 Å². The molecule has 164 valence electrons. The van der Waals surface area contributed by atoms with E-state index in [-0.39, 0.29) is 31.3 Å². The molecule has 0 spiro atoms. The topological polar surface area (TPSA) is 135 Å². The Morgan fingerprint density at radius 1 is 1.17 bits per heavy atom. The molecule has 3 rings (SSSR count). The number of aliphatic hydroxyl groups is 1. The zero-order chi connectivity index (χ0) is 21.7. The molecule has 3 heterocycles. The second kappa shape index (κ2) is 9.81. The minimum Gasteiger partial charge on any atom is -0.479 e. The number of carbonyl (C=O) groups is 2. The molecule has 2 aromatic rings. The van der Waals surface area contributed by atoms with Crippen molar-refractivity contribution in [3.8, 4) is 5.88 Å². The van der Waals surface area contributed by atoms with E-state index in [2.05, 4.69) is 15.0 Å². The van der Waals surface area contributed by atoms with Crippen molar-refractivity contribution in [1.82, 2.24) is 19.5 Å². The molecule has 1 fully saturated rings. The molecular weight excluding hydrogens is 396 g/mol. The highest BCUT2D eigenvalue weighted by Crippen LogP contribution is 2.34. The van der Waals surface area contributed by atoms with E-state index in [4.69, 9.17) is 18.9 Å². The lowest BCUT2D eigenvalue weighted by molar-refractivity contribution is -0.160. The summed E-state index contributed by atoms with van der Waals surface area (Å²) in [7, 11) is 1.46. The number of aliphatic hydroxyl groups excluding tert-OH is 1. The Labute approximate surface area is 173 Å². The molecule has 0 amide bonds. The van der Waals surface area contributed by atoms with E-state index in [9.17, 15) is 14.7 Å². The number of hydrogen-bond donors (Lipinski definition) is 1. The van der Waals surface area contributed by atoms with Crippen molar-refractivity contribution in [2.24, 2.45) is 0 Å². The third-order valence-corrected chi connectivity index (χ3v) is 4.69. The van der Waals surface area contributed by atoms with Gasteiger partial charge in [-0.05, 0) is 12.8 Å². The first-order valence-electron chi connectivity index (χ1n) is 9.90. The van der Waals surface area contributed by atoms with E-state index < -0.39 is 30.5 Å². The summed E-state index contributed by atoms with van der Waals surface area (Å²) in [6.07, 6.45) is 0.435. The van der Waals surface area contributed by atoms with Crippen LogP contribution in [0.2, 0.25) is 0 Å². The van der Waals surface area contributed by atoms with Gasteiger partial charge in [0.15, 0.2) is 23.5 Å². The maximum Gasteiger partial charge on any atom is 0.306 e. The first-order chi connectivity index (χ1) is 14.5. The largest absolute Gasteiger partial charge is 0.479 e. The average Bonchev–Trinajstić information content (AvgIpc) is 3.28. The van der Waals surface area contributed by atoms with Gasteiger partial charge >= 0.3 is 11.9 Å². The predicted octanol–water partition coefficient (Wildman–Crippen LogP) is 1.15. The van der Waals surface area contributed by atoms with Crippen molar-refractivity contribution >= 4 is 23.1 Å². The van der Waals surface area contributed by atoms with Crippen molar-refractivity contribution in [3.05, 3.63) is 12.7 Å². The SMILES string of the molecule is CCCC(=O)OCC1OC(n2cnc3c(OC)ncnc32)C(O)C1OC(=O)CCC. The molecule has 1 aliphatic heterocycles. The first-order valence-corrected chi connectivity index (χ1v) is 9.90. The predicted molar refractivity (Wildman–Crippen MR) is 102 cm³/mol. The molecule has 1 saturated heterocycles. The van der Waals surface area contributed by atoms with Gasteiger partial charge < -0.3 is 24.1 Å². The third kappa shape index (κ3) is 4.51. The fraction of sp³-hybridized carbons (Fsp3) is 0.632. The van der Waals surface area contributed by atoms with Crippen LogP contribution >= 0.6 is 0 Å². The van der Waals surface area contributed by atoms with Gasteiger partial charge in [-0.1, -0.05) is 13.8 Å². The Morgan fingerprint density at radius 2 is 1.90 bits per heavy atom. The molecule has 1 aliphatic rings. The molecule has 0 radical (unpaired) electrons. The smallest absolute Gasteiger partial charge is 0.306 e. The summed E-state index contributed by atoms with van der Waals surface area (Å²) >= 11 is 0. The maximum absolute atomic E-state index is 12.1. The van der Waals surface area contributed by atoms with E-state index >= 15 is 0 Å². The van der Waals surface area contributed by atoms with Gasteiger partial charge in [-0.25, -0.2) is 9.97 Å². The molecule has 4 atom stereocenters. The summed E-state index contributed by atoms with van der Waals surface area (Å²) in [6.45, 7) is 3.56. The van der Waals surface area contributed by atoms with Crippen LogP contribution in [0, 0.1) is 0 Å². The van der Waals surface area contributed by atoms with Crippen LogP contribution in [-0.4, -0.2) is 68.6 Å². The Kier molecular flexibility index (Phi) is 7.16. The molecule has 0 aliphatic carbocycles. The normalized spacial score (nSPS) is 23.5. The quantitative estimate of drug-likeness (QED) is 0.586. The van der Waals surface area contributed by atoms with Crippen LogP contribution in [0.25, 0.3) is 11.2 Å². The summed E-state index contributed by atoms with van der Waals surface area (Å²) in [4.78, 5) is 36.3. The van der Waals surface area contributed by atoms with E-state index in [1.165, 1.54) is 24.3 Å². The number of fused-ring (bicyclic) bond motifs is 1. The lowest BCUT2D eigenvalue weighted by Crippen LogP contribution is -2.38. The van der Waals surface area contributed by atoms with Gasteiger partial charge in [-0.15, -0.1) is 0 Å². The van der Waals surface area contributed by atoms with Gasteiger partial charge in [-0.3, -0.25) is 14.2 Å². The minimum absolute atomic E-state index is 0.151. The van der Waals surface area contributed by atoms with Crippen LogP contribution in [-0.2, 0) is 23.8 Å². The van der Waals surface area contributed by atoms with Gasteiger partial charge in [0.05, 0.1) is 13.4 Å². The van der Waals surface area contributed by atoms with Crippen LogP contribution in [0.4, 0.5) is 0 Å². The standard InChI is InChI=1S/C19H26N4O7/c1-4-6-12(24)28-8-11-16(30-13(25)7-5-2)15(26)19(29-11)23-10-22-14-17(23)20-9-21-18(14)27-3/h9-11,15-16,19,26H,4-8H2,1-3H3. The molecule has 4 unspecified atom stereocenters. The number of rotatable bonds is 9. The second-order valence-electron chi connectivity index (χ2n) is 6.90. The summed E-state index contributed by atoms with van der Waals surface area (Å²) in [5, 5.41) is 10.9. The van der Waals surface area contributed by atoms with Crippen molar-refractivity contribution in [2.45, 2.75) is 64.1 Å². The Morgan fingerprint density at radius 3 is 2.60 bits per heavy atom. The Bertz CT molecular complexity index is 887. The Balaban J connectivity index is 1.85. The molecule has 2 aromatic heterocycles. The van der Waals surface area contributed by atoms with Crippen LogP contribution < -0.4 is 4.74 Å². The Hall–Kier alpha value is -2.79. The number of carbonyl (C=O) groups excluding carboxylic acids is 2. The number of hydrogen-bond acceptors (Lipinski definition) is 10. The first kappa shape index (κ1) is 21.9. The zero-order valence-corrected chi connectivity index (χ0v) is 17.2. The molecule has 0 saturated carbocycles. The highest BCUT2D eigenvalue weighted by atomic mass is 16.6. The number of methoxy groups -OCH3 is 1. The summed E-state index contributed by atoms with van der Waals surface area (Å²) in [5.74, 6) is -0.569. The van der Waals surface area contributed by atoms with Crippen molar-refractivity contribution in [1.29, 1.82) is 0 Å². The van der Waals surface area contributed by atoms with Gasteiger partial charge in [0.25, 0.3) is 0 Å². The molecule has 11 heteroatoms. The van der Waals surface area contributed by atoms with Gasteiger partial charge in [0, 0.05) is 12.8 Å². The third-order valence-electron chi connectivity index (χ3n) is 4.69. The fourth-order valence-corrected chi connectivity index (χ4v) is 3.26. The lowest BCUT2D eigenvalue weighted by atomic mass is 10.1. The van der Waals surface area contributed by atoms with Crippen LogP contribution in [0.1, 0.15) is 45.8 Å². The summed E-state index contributed by atoms with van der Waals surface area (Å²) in [5.41, 5.74) is 0.779. The molecule has 1 N–H and O–H groups in total. The van der Waals surface area contributed by atoms with Crippen LogP contribution in [0.15, 0.2) is 12.7 Å². The lowest BCUT2D eigenvalue weighted by Gasteiger charge is -2.20. The maximum atomic E-state index is 12.1.